The Balaban J connectivity index is 0.563. The van der Waals surface area contributed by atoms with E-state index < -0.39 is 29.7 Å². The first kappa shape index (κ1) is 69.4. The van der Waals surface area contributed by atoms with Gasteiger partial charge in [0, 0.05) is 124 Å². The van der Waals surface area contributed by atoms with Crippen LogP contribution in [0.15, 0.2) is 65.7 Å². The Hall–Kier alpha value is -7.94. The Labute approximate surface area is 543 Å². The zero-order valence-corrected chi connectivity index (χ0v) is 54.4. The maximum atomic E-state index is 14.0. The van der Waals surface area contributed by atoms with Crippen molar-refractivity contribution < 1.29 is 57.2 Å². The first-order chi connectivity index (χ1) is 45.3. The number of aromatic nitrogens is 5. The molecular formula is C68H92N12O13. The van der Waals surface area contributed by atoms with Gasteiger partial charge < -0.3 is 58.7 Å². The second-order valence-corrected chi connectivity index (χ2v) is 24.0. The zero-order valence-electron chi connectivity index (χ0n) is 54.4. The lowest BCUT2D eigenvalue weighted by Gasteiger charge is -2.37. The van der Waals surface area contributed by atoms with Crippen molar-refractivity contribution in [1.82, 2.24) is 45.4 Å². The fraction of sp³-hybridized carbons (Fsp3) is 0.559. The zero-order chi connectivity index (χ0) is 65.5. The number of piperidine rings is 1. The standard InChI is InChI=1S/C68H92N12O13/c1-5-79(53-21-29-88-30-22-53)59-43-51(42-55(49(59)4)64(83)71-45-56-47(2)41-48(3)72-65(56)84)50-17-19-60(70-44-50)76-24-26-77(27-25-76)62(82)16-11-9-7-6-8-10-13-52-46-78(75-74-52)28-32-90-34-36-92-38-40-93-39-37-91-35-33-89-31-23-69-57-15-12-14-54-63(57)68(87)80(67(54)86)58-18-20-61(81)73-66(58)85/h12,14-15,17,19,41-44,46,53,58,69H,5-11,13,16,18,20-40,45H2,1-4H3,(H,71,83)(H,72,84)(H,73,81,85). The number of unbranched alkanes of at least 4 members (excludes halogenated alkanes) is 5. The van der Waals surface area contributed by atoms with Crippen molar-refractivity contribution in [2.45, 2.75) is 130 Å². The van der Waals surface area contributed by atoms with E-state index in [-0.39, 0.29) is 53.9 Å². The average Bonchev–Trinajstić information content (AvgIpc) is 1.58. The van der Waals surface area contributed by atoms with Gasteiger partial charge in [0.05, 0.1) is 89.4 Å². The van der Waals surface area contributed by atoms with Crippen LogP contribution in [0.25, 0.3) is 11.1 Å². The number of carbonyl (C=O) groups excluding carboxylic acids is 6. The van der Waals surface area contributed by atoms with Crippen LogP contribution < -0.4 is 31.3 Å². The van der Waals surface area contributed by atoms with Crippen molar-refractivity contribution >= 4 is 52.6 Å². The number of carbonyl (C=O) groups is 6. The van der Waals surface area contributed by atoms with Gasteiger partial charge in [0.15, 0.2) is 0 Å². The third-order valence-electron chi connectivity index (χ3n) is 17.5. The van der Waals surface area contributed by atoms with Gasteiger partial charge in [-0.3, -0.25) is 43.8 Å². The molecule has 1 atom stereocenters. The Morgan fingerprint density at radius 3 is 2.12 bits per heavy atom. The third kappa shape index (κ3) is 19.3. The molecule has 7 heterocycles. The molecule has 5 aromatic rings. The smallest absolute Gasteiger partial charge is 0.264 e. The number of anilines is 3. The number of hydrogen-bond donors (Lipinski definition) is 4. The van der Waals surface area contributed by atoms with E-state index in [9.17, 15) is 33.6 Å². The summed E-state index contributed by atoms with van der Waals surface area (Å²) >= 11 is 0. The van der Waals surface area contributed by atoms with Crippen LogP contribution in [0.5, 0.6) is 0 Å². The minimum atomic E-state index is -1.02. The van der Waals surface area contributed by atoms with Gasteiger partial charge in [0.1, 0.15) is 11.9 Å². The lowest BCUT2D eigenvalue weighted by molar-refractivity contribution is -0.136. The van der Waals surface area contributed by atoms with Crippen LogP contribution >= 0.6 is 0 Å². The summed E-state index contributed by atoms with van der Waals surface area (Å²) in [7, 11) is 0. The summed E-state index contributed by atoms with van der Waals surface area (Å²) in [5.74, 6) is -1.36. The van der Waals surface area contributed by atoms with E-state index in [1.54, 1.807) is 18.2 Å². The number of ether oxygens (including phenoxy) is 6. The lowest BCUT2D eigenvalue weighted by Crippen LogP contribution is -2.54. The van der Waals surface area contributed by atoms with E-state index in [0.29, 0.717) is 142 Å². The van der Waals surface area contributed by atoms with Crippen LogP contribution in [0, 0.1) is 20.8 Å². The minimum absolute atomic E-state index is 0.0579. The van der Waals surface area contributed by atoms with Crippen LogP contribution in [-0.4, -0.2) is 201 Å². The van der Waals surface area contributed by atoms with E-state index in [0.717, 1.165) is 114 Å². The number of piperazine rings is 1. The summed E-state index contributed by atoms with van der Waals surface area (Å²) in [6.07, 6.45) is 13.5. The molecule has 25 heteroatoms. The molecule has 0 spiro atoms. The molecule has 3 fully saturated rings. The SMILES string of the molecule is CCN(c1cc(-c2ccc(N3CCN(C(=O)CCCCCCCCc4cn(CCOCCOCCOCCOCCOCCNc5cccc6c5C(=O)N(C5CCC(=O)NC5=O)C6=O)nn4)CC3)nc2)cc(C(=O)NCc2c(C)cc(C)[nH]c2=O)c1C)C1CCOCC1. The number of amides is 6. The minimum Gasteiger partial charge on any atom is -0.382 e. The second-order valence-electron chi connectivity index (χ2n) is 24.0. The number of imide groups is 2. The van der Waals surface area contributed by atoms with Crippen molar-refractivity contribution in [2.24, 2.45) is 0 Å². The number of pyridine rings is 2. The molecule has 0 bridgehead atoms. The van der Waals surface area contributed by atoms with E-state index in [1.165, 1.54) is 0 Å². The fourth-order valence-corrected chi connectivity index (χ4v) is 12.4. The molecule has 4 aliphatic heterocycles. The molecule has 93 heavy (non-hydrogen) atoms. The number of aryl methyl sites for hydroxylation is 3. The van der Waals surface area contributed by atoms with E-state index in [4.69, 9.17) is 33.4 Å². The van der Waals surface area contributed by atoms with Crippen LogP contribution in [0.2, 0.25) is 0 Å². The van der Waals surface area contributed by atoms with Crippen molar-refractivity contribution in [3.8, 4) is 11.1 Å². The van der Waals surface area contributed by atoms with Crippen molar-refractivity contribution in [1.29, 1.82) is 0 Å². The van der Waals surface area contributed by atoms with Gasteiger partial charge in [-0.1, -0.05) is 37.0 Å². The predicted octanol–water partition coefficient (Wildman–Crippen LogP) is 6.11. The van der Waals surface area contributed by atoms with Crippen molar-refractivity contribution in [3.05, 3.63) is 116 Å². The topological polar surface area (TPSA) is 283 Å². The Morgan fingerprint density at radius 2 is 1.44 bits per heavy atom. The number of nitrogens with zero attached hydrogens (tertiary/aromatic N) is 8. The van der Waals surface area contributed by atoms with E-state index in [1.807, 2.05) is 60.9 Å². The number of nitrogens with one attached hydrogen (secondary N) is 4. The maximum absolute atomic E-state index is 14.0. The molecule has 3 saturated heterocycles. The number of fused-ring (bicyclic) bond motifs is 1. The van der Waals surface area contributed by atoms with E-state index >= 15 is 0 Å². The highest BCUT2D eigenvalue weighted by Gasteiger charge is 2.45. The fourth-order valence-electron chi connectivity index (χ4n) is 12.4. The number of H-pyrrole nitrogens is 1. The number of aromatic amines is 1. The molecule has 0 aliphatic carbocycles. The van der Waals surface area contributed by atoms with Crippen LogP contribution in [0.3, 0.4) is 0 Å². The average molecular weight is 1290 g/mol. The molecule has 3 aromatic heterocycles. The molecule has 25 nitrogen and oxygen atoms in total. The highest BCUT2D eigenvalue weighted by atomic mass is 16.6. The first-order valence-corrected chi connectivity index (χ1v) is 33.1. The van der Waals surface area contributed by atoms with Crippen LogP contribution in [-0.2, 0) is 62.3 Å². The second kappa shape index (κ2) is 35.4. The van der Waals surface area contributed by atoms with Gasteiger partial charge in [0.25, 0.3) is 23.3 Å². The van der Waals surface area contributed by atoms with Gasteiger partial charge in [-0.05, 0) is 125 Å². The van der Waals surface area contributed by atoms with Crippen LogP contribution in [0.1, 0.15) is 137 Å². The molecule has 6 amide bonds. The quantitative estimate of drug-likeness (QED) is 0.0258. The van der Waals surface area contributed by atoms with Crippen molar-refractivity contribution in [3.63, 3.8) is 0 Å². The Morgan fingerprint density at radius 1 is 0.753 bits per heavy atom. The summed E-state index contributed by atoms with van der Waals surface area (Å²) in [4.78, 5) is 106. The van der Waals surface area contributed by atoms with Gasteiger partial charge in [-0.25, -0.2) is 9.67 Å². The summed E-state index contributed by atoms with van der Waals surface area (Å²) in [6, 6.07) is 14.3. The van der Waals surface area contributed by atoms with E-state index in [2.05, 4.69) is 60.1 Å². The summed E-state index contributed by atoms with van der Waals surface area (Å²) in [5, 5.41) is 17.0. The summed E-state index contributed by atoms with van der Waals surface area (Å²) < 4.78 is 35.7. The largest absolute Gasteiger partial charge is 0.382 e. The highest BCUT2D eigenvalue weighted by molar-refractivity contribution is 6.25. The van der Waals surface area contributed by atoms with Gasteiger partial charge in [0.2, 0.25) is 17.7 Å². The monoisotopic (exact) mass is 1280 g/mol. The predicted molar refractivity (Wildman–Crippen MR) is 350 cm³/mol. The molecule has 0 saturated carbocycles. The molecule has 9 rings (SSSR count). The van der Waals surface area contributed by atoms with Crippen LogP contribution in [0.4, 0.5) is 17.2 Å². The maximum Gasteiger partial charge on any atom is 0.264 e. The summed E-state index contributed by atoms with van der Waals surface area (Å²) in [5.41, 5.74) is 8.06. The number of benzene rings is 2. The first-order valence-electron chi connectivity index (χ1n) is 33.1. The highest BCUT2D eigenvalue weighted by Crippen LogP contribution is 2.35. The molecule has 1 unspecified atom stereocenters. The van der Waals surface area contributed by atoms with Gasteiger partial charge in [-0.15, -0.1) is 5.10 Å². The molecule has 502 valence electrons. The normalized spacial score (nSPS) is 16.1. The number of hydrogen-bond acceptors (Lipinski definition) is 19. The molecule has 2 aromatic carbocycles. The lowest BCUT2D eigenvalue weighted by atomic mass is 9.95. The Kier molecular flexibility index (Phi) is 26.4. The van der Waals surface area contributed by atoms with Gasteiger partial charge >= 0.3 is 0 Å². The third-order valence-corrected chi connectivity index (χ3v) is 17.5. The Bertz CT molecular complexity index is 3380. The molecule has 0 radical (unpaired) electrons. The van der Waals surface area contributed by atoms with Crippen molar-refractivity contribution in [2.75, 3.05) is 134 Å². The van der Waals surface area contributed by atoms with Gasteiger partial charge in [-0.2, -0.15) is 0 Å². The molecular weight excluding hydrogens is 1190 g/mol. The molecule has 4 aliphatic rings. The number of rotatable bonds is 37. The summed E-state index contributed by atoms with van der Waals surface area (Å²) in [6.45, 7) is 18.1. The molecule has 4 N–H and O–H groups in total.